The van der Waals surface area contributed by atoms with Gasteiger partial charge in [-0.2, -0.15) is 11.3 Å². The van der Waals surface area contributed by atoms with Crippen molar-refractivity contribution in [3.63, 3.8) is 0 Å². The van der Waals surface area contributed by atoms with Crippen molar-refractivity contribution in [2.45, 2.75) is 26.9 Å². The van der Waals surface area contributed by atoms with Crippen LogP contribution < -0.4 is 5.32 Å². The monoisotopic (exact) mass is 265 g/mol. The molecule has 0 bridgehead atoms. The van der Waals surface area contributed by atoms with E-state index in [0.717, 1.165) is 6.54 Å². The van der Waals surface area contributed by atoms with Crippen LogP contribution >= 0.6 is 11.3 Å². The fourth-order valence-electron chi connectivity index (χ4n) is 1.74. The number of carbonyl (C=O) groups is 1. The van der Waals surface area contributed by atoms with Gasteiger partial charge in [-0.3, -0.25) is 0 Å². The standard InChI is InChI=1S/C13H15NO3S/c1-8-3-11(17-12(8)13(15)16)5-14-4-10-7-18-6-9(10)2/h3,6-7,14H,4-5H2,1-2H3,(H,15,16). The van der Waals surface area contributed by atoms with Gasteiger partial charge in [0.1, 0.15) is 5.76 Å². The number of thiophene rings is 1. The van der Waals surface area contributed by atoms with Crippen LogP contribution in [0.1, 0.15) is 33.0 Å². The van der Waals surface area contributed by atoms with E-state index in [1.165, 1.54) is 11.1 Å². The number of hydrogen-bond acceptors (Lipinski definition) is 4. The van der Waals surface area contributed by atoms with Crippen molar-refractivity contribution in [2.24, 2.45) is 0 Å². The highest BCUT2D eigenvalue weighted by Gasteiger charge is 2.13. The summed E-state index contributed by atoms with van der Waals surface area (Å²) in [4.78, 5) is 10.8. The van der Waals surface area contributed by atoms with E-state index in [4.69, 9.17) is 9.52 Å². The molecule has 0 aliphatic rings. The van der Waals surface area contributed by atoms with Crippen LogP contribution in [0, 0.1) is 13.8 Å². The predicted octanol–water partition coefficient (Wildman–Crippen LogP) is 2.95. The van der Waals surface area contributed by atoms with Crippen molar-refractivity contribution in [3.8, 4) is 0 Å². The van der Waals surface area contributed by atoms with Crippen molar-refractivity contribution in [2.75, 3.05) is 0 Å². The Morgan fingerprint density at radius 2 is 2.11 bits per heavy atom. The first-order chi connectivity index (χ1) is 8.58. The van der Waals surface area contributed by atoms with Crippen molar-refractivity contribution >= 4 is 17.3 Å². The third kappa shape index (κ3) is 2.80. The van der Waals surface area contributed by atoms with Crippen molar-refractivity contribution in [1.29, 1.82) is 0 Å². The maximum absolute atomic E-state index is 10.8. The summed E-state index contributed by atoms with van der Waals surface area (Å²) in [5, 5.41) is 16.3. The summed E-state index contributed by atoms with van der Waals surface area (Å²) in [5.74, 6) is -0.344. The molecule has 0 atom stereocenters. The third-order valence-electron chi connectivity index (χ3n) is 2.74. The van der Waals surface area contributed by atoms with E-state index in [9.17, 15) is 4.79 Å². The van der Waals surface area contributed by atoms with E-state index >= 15 is 0 Å². The zero-order valence-electron chi connectivity index (χ0n) is 10.3. The highest BCUT2D eigenvalue weighted by atomic mass is 32.1. The molecular weight excluding hydrogens is 250 g/mol. The van der Waals surface area contributed by atoms with E-state index < -0.39 is 5.97 Å². The molecule has 0 aliphatic carbocycles. The Morgan fingerprint density at radius 3 is 2.67 bits per heavy atom. The molecule has 2 rings (SSSR count). The largest absolute Gasteiger partial charge is 0.475 e. The van der Waals surface area contributed by atoms with Crippen LogP contribution in [-0.4, -0.2) is 11.1 Å². The maximum Gasteiger partial charge on any atom is 0.372 e. The Kier molecular flexibility index (Phi) is 3.84. The normalized spacial score (nSPS) is 10.8. The van der Waals surface area contributed by atoms with Gasteiger partial charge in [0.05, 0.1) is 6.54 Å². The van der Waals surface area contributed by atoms with E-state index in [0.29, 0.717) is 17.9 Å². The molecule has 0 fully saturated rings. The number of carboxylic acid groups (broad SMARTS) is 1. The highest BCUT2D eigenvalue weighted by Crippen LogP contribution is 2.16. The zero-order valence-corrected chi connectivity index (χ0v) is 11.1. The SMILES string of the molecule is Cc1cscc1CNCc1cc(C)c(C(=O)O)o1. The van der Waals surface area contributed by atoms with Crippen LogP contribution in [0.4, 0.5) is 0 Å². The second-order valence-electron chi connectivity index (χ2n) is 4.21. The molecule has 0 unspecified atom stereocenters. The molecule has 5 heteroatoms. The first-order valence-electron chi connectivity index (χ1n) is 5.63. The summed E-state index contributed by atoms with van der Waals surface area (Å²) in [6, 6.07) is 1.76. The van der Waals surface area contributed by atoms with E-state index in [1.54, 1.807) is 24.3 Å². The molecular formula is C13H15NO3S. The third-order valence-corrected chi connectivity index (χ3v) is 3.65. The summed E-state index contributed by atoms with van der Waals surface area (Å²) < 4.78 is 5.27. The van der Waals surface area contributed by atoms with Crippen molar-refractivity contribution in [1.82, 2.24) is 5.32 Å². The minimum atomic E-state index is -1.02. The second kappa shape index (κ2) is 5.37. The number of aryl methyl sites for hydroxylation is 2. The number of nitrogens with one attached hydrogen (secondary N) is 1. The highest BCUT2D eigenvalue weighted by molar-refractivity contribution is 7.08. The van der Waals surface area contributed by atoms with Crippen LogP contribution in [0.15, 0.2) is 21.2 Å². The molecule has 0 radical (unpaired) electrons. The lowest BCUT2D eigenvalue weighted by molar-refractivity contribution is 0.0659. The predicted molar refractivity (Wildman–Crippen MR) is 70.0 cm³/mol. The van der Waals surface area contributed by atoms with Gasteiger partial charge in [-0.1, -0.05) is 0 Å². The number of hydrogen-bond donors (Lipinski definition) is 2. The average Bonchev–Trinajstić information content (AvgIpc) is 2.86. The first kappa shape index (κ1) is 12.9. The van der Waals surface area contributed by atoms with Gasteiger partial charge in [-0.05, 0) is 41.8 Å². The Bertz CT molecular complexity index is 556. The van der Waals surface area contributed by atoms with E-state index in [-0.39, 0.29) is 5.76 Å². The Balaban J connectivity index is 1.93. The Morgan fingerprint density at radius 1 is 1.33 bits per heavy atom. The zero-order chi connectivity index (χ0) is 13.1. The molecule has 0 spiro atoms. The van der Waals surface area contributed by atoms with Crippen LogP contribution in [0.25, 0.3) is 0 Å². The van der Waals surface area contributed by atoms with Crippen LogP contribution in [0.3, 0.4) is 0 Å². The van der Waals surface area contributed by atoms with Gasteiger partial charge < -0.3 is 14.8 Å². The van der Waals surface area contributed by atoms with E-state index in [2.05, 4.69) is 23.0 Å². The maximum atomic E-state index is 10.8. The van der Waals surface area contributed by atoms with Gasteiger partial charge >= 0.3 is 5.97 Å². The van der Waals surface area contributed by atoms with Crippen molar-refractivity contribution in [3.05, 3.63) is 45.0 Å². The van der Waals surface area contributed by atoms with Crippen molar-refractivity contribution < 1.29 is 14.3 Å². The second-order valence-corrected chi connectivity index (χ2v) is 4.96. The molecule has 18 heavy (non-hydrogen) atoms. The topological polar surface area (TPSA) is 62.5 Å². The minimum Gasteiger partial charge on any atom is -0.475 e. The molecule has 0 aromatic carbocycles. The number of rotatable bonds is 5. The quantitative estimate of drug-likeness (QED) is 0.872. The number of furan rings is 1. The smallest absolute Gasteiger partial charge is 0.372 e. The summed E-state index contributed by atoms with van der Waals surface area (Å²) in [7, 11) is 0. The summed E-state index contributed by atoms with van der Waals surface area (Å²) in [6.45, 7) is 5.10. The fraction of sp³-hybridized carbons (Fsp3) is 0.308. The lowest BCUT2D eigenvalue weighted by Crippen LogP contribution is -2.12. The van der Waals surface area contributed by atoms with Gasteiger partial charge in [0.25, 0.3) is 0 Å². The van der Waals surface area contributed by atoms with Crippen LogP contribution in [0.5, 0.6) is 0 Å². The molecule has 0 saturated carbocycles. The Hall–Kier alpha value is -1.59. The lowest BCUT2D eigenvalue weighted by Gasteiger charge is -2.01. The molecule has 0 saturated heterocycles. The molecule has 0 amide bonds. The molecule has 0 aliphatic heterocycles. The average molecular weight is 265 g/mol. The molecule has 2 aromatic heterocycles. The molecule has 2 aromatic rings. The minimum absolute atomic E-state index is 0.0264. The van der Waals surface area contributed by atoms with Gasteiger partial charge in [-0.15, -0.1) is 0 Å². The Labute approximate surface area is 109 Å². The van der Waals surface area contributed by atoms with Gasteiger partial charge in [0.2, 0.25) is 5.76 Å². The first-order valence-corrected chi connectivity index (χ1v) is 6.57. The number of aromatic carboxylic acids is 1. The summed E-state index contributed by atoms with van der Waals surface area (Å²) >= 11 is 1.68. The number of carboxylic acids is 1. The fourth-order valence-corrected chi connectivity index (χ4v) is 2.59. The molecule has 4 nitrogen and oxygen atoms in total. The van der Waals surface area contributed by atoms with Gasteiger partial charge in [0, 0.05) is 12.1 Å². The summed E-state index contributed by atoms with van der Waals surface area (Å²) in [6.07, 6.45) is 0. The van der Waals surface area contributed by atoms with Crippen LogP contribution in [-0.2, 0) is 13.1 Å². The van der Waals surface area contributed by atoms with Gasteiger partial charge in [-0.25, -0.2) is 4.79 Å². The van der Waals surface area contributed by atoms with Gasteiger partial charge in [0.15, 0.2) is 0 Å². The summed E-state index contributed by atoms with van der Waals surface area (Å²) in [5.41, 5.74) is 3.20. The molecule has 2 heterocycles. The molecule has 96 valence electrons. The molecule has 2 N–H and O–H groups in total. The van der Waals surface area contributed by atoms with Crippen LogP contribution in [0.2, 0.25) is 0 Å². The van der Waals surface area contributed by atoms with E-state index in [1.807, 2.05) is 0 Å². The lowest BCUT2D eigenvalue weighted by atomic mass is 10.2.